The van der Waals surface area contributed by atoms with E-state index in [1.807, 2.05) is 36.5 Å². The van der Waals surface area contributed by atoms with Crippen LogP contribution in [0, 0.1) is 5.92 Å². The molecule has 2 N–H and O–H groups in total. The summed E-state index contributed by atoms with van der Waals surface area (Å²) in [5, 5.41) is 9.83. The molecule has 1 aromatic carbocycles. The molecule has 4 rings (SSSR count). The van der Waals surface area contributed by atoms with Gasteiger partial charge in [-0.15, -0.1) is 0 Å². The first kappa shape index (κ1) is 17.2. The van der Waals surface area contributed by atoms with E-state index in [4.69, 9.17) is 0 Å². The first-order valence-corrected chi connectivity index (χ1v) is 9.08. The number of carbonyl (C=O) groups is 1. The van der Waals surface area contributed by atoms with Gasteiger partial charge in [0.15, 0.2) is 0 Å². The fourth-order valence-electron chi connectivity index (χ4n) is 3.15. The summed E-state index contributed by atoms with van der Waals surface area (Å²) in [5.41, 5.74) is 4.69. The minimum atomic E-state index is -0.132. The Hall–Kier alpha value is -3.22. The van der Waals surface area contributed by atoms with Gasteiger partial charge in [0, 0.05) is 30.1 Å². The number of hydrogen-bond donors (Lipinski definition) is 2. The Balaban J connectivity index is 1.40. The van der Waals surface area contributed by atoms with Crippen molar-refractivity contribution in [3.8, 4) is 11.3 Å². The van der Waals surface area contributed by atoms with E-state index in [0.29, 0.717) is 19.0 Å². The highest BCUT2D eigenvalue weighted by Gasteiger charge is 2.25. The number of H-pyrrole nitrogens is 1. The third-order valence-electron chi connectivity index (χ3n) is 4.53. The van der Waals surface area contributed by atoms with Crippen molar-refractivity contribution in [2.75, 3.05) is 5.32 Å². The van der Waals surface area contributed by atoms with Gasteiger partial charge in [-0.1, -0.05) is 26.0 Å². The van der Waals surface area contributed by atoms with Crippen LogP contribution in [0.1, 0.15) is 30.9 Å². The van der Waals surface area contributed by atoms with Crippen molar-refractivity contribution >= 4 is 11.7 Å². The van der Waals surface area contributed by atoms with Gasteiger partial charge < -0.3 is 10.2 Å². The van der Waals surface area contributed by atoms with E-state index in [1.54, 1.807) is 11.1 Å². The average Bonchev–Trinajstić information content (AvgIpc) is 3.31. The number of amides is 2. The second kappa shape index (κ2) is 7.19. The summed E-state index contributed by atoms with van der Waals surface area (Å²) in [6.45, 7) is 5.35. The van der Waals surface area contributed by atoms with E-state index in [0.717, 1.165) is 40.4 Å². The standard InChI is InChI=1S/C20H22N6O/c1-13(2)9-19-21-10-15-11-26(12-18(15)24-19)20(27)23-16-5-3-14(4-6-16)17-7-8-22-25-17/h3-8,10,13H,9,11-12H2,1-2H3,(H,22,25)(H,23,27). The molecule has 0 fully saturated rings. The number of aromatic amines is 1. The van der Waals surface area contributed by atoms with Gasteiger partial charge in [-0.2, -0.15) is 5.10 Å². The van der Waals surface area contributed by atoms with Gasteiger partial charge in [0.05, 0.1) is 24.5 Å². The number of aromatic nitrogens is 4. The maximum Gasteiger partial charge on any atom is 0.322 e. The molecular formula is C20H22N6O. The fourth-order valence-corrected chi connectivity index (χ4v) is 3.15. The second-order valence-electron chi connectivity index (χ2n) is 7.19. The first-order valence-electron chi connectivity index (χ1n) is 9.08. The van der Waals surface area contributed by atoms with Gasteiger partial charge in [0.25, 0.3) is 0 Å². The SMILES string of the molecule is CC(C)Cc1ncc2c(n1)CN(C(=O)Nc1ccc(-c3ccn[nH]3)cc1)C2. The quantitative estimate of drug-likeness (QED) is 0.742. The Morgan fingerprint density at radius 2 is 2.04 bits per heavy atom. The van der Waals surface area contributed by atoms with E-state index < -0.39 is 0 Å². The fraction of sp³-hybridized carbons (Fsp3) is 0.300. The van der Waals surface area contributed by atoms with Crippen molar-refractivity contribution in [3.63, 3.8) is 0 Å². The van der Waals surface area contributed by atoms with E-state index in [1.165, 1.54) is 0 Å². The summed E-state index contributed by atoms with van der Waals surface area (Å²) in [6.07, 6.45) is 4.42. The van der Waals surface area contributed by atoms with E-state index in [2.05, 4.69) is 39.3 Å². The number of benzene rings is 1. The van der Waals surface area contributed by atoms with Crippen LogP contribution in [0.4, 0.5) is 10.5 Å². The molecule has 0 unspecified atom stereocenters. The van der Waals surface area contributed by atoms with Gasteiger partial charge in [0.1, 0.15) is 5.82 Å². The maximum absolute atomic E-state index is 12.6. The number of anilines is 1. The molecule has 0 saturated heterocycles. The number of nitrogens with zero attached hydrogens (tertiary/aromatic N) is 4. The lowest BCUT2D eigenvalue weighted by Crippen LogP contribution is -2.30. The highest BCUT2D eigenvalue weighted by atomic mass is 16.2. The van der Waals surface area contributed by atoms with Crippen LogP contribution in [0.3, 0.4) is 0 Å². The molecule has 1 aliphatic rings. The molecule has 27 heavy (non-hydrogen) atoms. The number of nitrogens with one attached hydrogen (secondary N) is 2. The van der Waals surface area contributed by atoms with Crippen LogP contribution in [-0.4, -0.2) is 31.1 Å². The minimum absolute atomic E-state index is 0.132. The van der Waals surface area contributed by atoms with Gasteiger partial charge >= 0.3 is 6.03 Å². The highest BCUT2D eigenvalue weighted by molar-refractivity contribution is 5.89. The van der Waals surface area contributed by atoms with Gasteiger partial charge in [0.2, 0.25) is 0 Å². The molecule has 7 nitrogen and oxygen atoms in total. The smallest absolute Gasteiger partial charge is 0.314 e. The van der Waals surface area contributed by atoms with Crippen LogP contribution in [0.15, 0.2) is 42.7 Å². The predicted octanol–water partition coefficient (Wildman–Crippen LogP) is 3.61. The topological polar surface area (TPSA) is 86.8 Å². The highest BCUT2D eigenvalue weighted by Crippen LogP contribution is 2.23. The third-order valence-corrected chi connectivity index (χ3v) is 4.53. The van der Waals surface area contributed by atoms with Gasteiger partial charge in [-0.05, 0) is 29.7 Å². The van der Waals surface area contributed by atoms with Crippen molar-refractivity contribution in [1.82, 2.24) is 25.1 Å². The van der Waals surface area contributed by atoms with E-state index in [9.17, 15) is 4.79 Å². The number of urea groups is 1. The van der Waals surface area contributed by atoms with Crippen molar-refractivity contribution in [2.24, 2.45) is 5.92 Å². The summed E-state index contributed by atoms with van der Waals surface area (Å²) in [4.78, 5) is 23.4. The maximum atomic E-state index is 12.6. The zero-order chi connectivity index (χ0) is 18.8. The van der Waals surface area contributed by atoms with Crippen LogP contribution >= 0.6 is 0 Å². The molecule has 3 heterocycles. The second-order valence-corrected chi connectivity index (χ2v) is 7.19. The molecule has 0 bridgehead atoms. The number of rotatable bonds is 4. The van der Waals surface area contributed by atoms with Crippen molar-refractivity contribution in [2.45, 2.75) is 33.4 Å². The van der Waals surface area contributed by atoms with Gasteiger partial charge in [-0.3, -0.25) is 5.10 Å². The van der Waals surface area contributed by atoms with E-state index >= 15 is 0 Å². The van der Waals surface area contributed by atoms with Crippen LogP contribution < -0.4 is 5.32 Å². The van der Waals surface area contributed by atoms with Crippen molar-refractivity contribution in [3.05, 3.63) is 59.8 Å². The summed E-state index contributed by atoms with van der Waals surface area (Å²) < 4.78 is 0. The molecule has 0 saturated carbocycles. The van der Waals surface area contributed by atoms with Crippen molar-refractivity contribution < 1.29 is 4.79 Å². The number of fused-ring (bicyclic) bond motifs is 1. The summed E-state index contributed by atoms with van der Waals surface area (Å²) in [6, 6.07) is 9.45. The Kier molecular flexibility index (Phi) is 4.58. The molecule has 0 aliphatic carbocycles. The van der Waals surface area contributed by atoms with Crippen LogP contribution in [0.2, 0.25) is 0 Å². The predicted molar refractivity (Wildman–Crippen MR) is 103 cm³/mol. The van der Waals surface area contributed by atoms with Crippen LogP contribution in [0.25, 0.3) is 11.3 Å². The Morgan fingerprint density at radius 3 is 2.74 bits per heavy atom. The summed E-state index contributed by atoms with van der Waals surface area (Å²) in [7, 11) is 0. The normalized spacial score (nSPS) is 13.1. The minimum Gasteiger partial charge on any atom is -0.314 e. The molecule has 0 atom stereocenters. The lowest BCUT2D eigenvalue weighted by atomic mass is 10.1. The molecule has 138 valence electrons. The third kappa shape index (κ3) is 3.81. The zero-order valence-electron chi connectivity index (χ0n) is 15.4. The lowest BCUT2D eigenvalue weighted by molar-refractivity contribution is 0.212. The first-order chi connectivity index (χ1) is 13.1. The molecule has 1 aliphatic heterocycles. The van der Waals surface area contributed by atoms with Gasteiger partial charge in [-0.25, -0.2) is 14.8 Å². The molecule has 7 heteroatoms. The van der Waals surface area contributed by atoms with Crippen molar-refractivity contribution in [1.29, 1.82) is 0 Å². The molecule has 0 radical (unpaired) electrons. The Labute approximate surface area is 157 Å². The lowest BCUT2D eigenvalue weighted by Gasteiger charge is -2.16. The number of hydrogen-bond acceptors (Lipinski definition) is 4. The molecular weight excluding hydrogens is 340 g/mol. The number of carbonyl (C=O) groups excluding carboxylic acids is 1. The summed E-state index contributed by atoms with van der Waals surface area (Å²) in [5.74, 6) is 1.36. The summed E-state index contributed by atoms with van der Waals surface area (Å²) >= 11 is 0. The van der Waals surface area contributed by atoms with Crippen LogP contribution in [0.5, 0.6) is 0 Å². The van der Waals surface area contributed by atoms with E-state index in [-0.39, 0.29) is 6.03 Å². The largest absolute Gasteiger partial charge is 0.322 e. The molecule has 2 aromatic heterocycles. The monoisotopic (exact) mass is 362 g/mol. The molecule has 2 amide bonds. The zero-order valence-corrected chi connectivity index (χ0v) is 15.4. The average molecular weight is 362 g/mol. The Morgan fingerprint density at radius 1 is 1.22 bits per heavy atom. The molecule has 3 aromatic rings. The van der Waals surface area contributed by atoms with Crippen LogP contribution in [-0.2, 0) is 19.5 Å². The Bertz CT molecular complexity index is 934. The molecule has 0 spiro atoms.